The SMILES string of the molecule is C[C@H](Sc1nnc(-c2ccc(F)cc2)n1C[C@H]1CCCO1)C(=O)NC1CC1. The van der Waals surface area contributed by atoms with Gasteiger partial charge in [0, 0.05) is 18.2 Å². The number of carbonyl (C=O) groups is 1. The smallest absolute Gasteiger partial charge is 0.233 e. The molecule has 0 radical (unpaired) electrons. The summed E-state index contributed by atoms with van der Waals surface area (Å²) in [5.74, 6) is 0.407. The molecule has 0 unspecified atom stereocenters. The largest absolute Gasteiger partial charge is 0.376 e. The van der Waals surface area contributed by atoms with Crippen LogP contribution in [-0.2, 0) is 16.1 Å². The molecule has 1 aliphatic heterocycles. The van der Waals surface area contributed by atoms with E-state index in [1.54, 1.807) is 12.1 Å². The third kappa shape index (κ3) is 4.50. The van der Waals surface area contributed by atoms with E-state index in [4.69, 9.17) is 4.74 Å². The van der Waals surface area contributed by atoms with E-state index in [1.807, 2.05) is 11.5 Å². The molecule has 1 saturated heterocycles. The Morgan fingerprint density at radius 3 is 2.78 bits per heavy atom. The lowest BCUT2D eigenvalue weighted by molar-refractivity contribution is -0.120. The predicted octanol–water partition coefficient (Wildman–Crippen LogP) is 3.02. The van der Waals surface area contributed by atoms with Crippen molar-refractivity contribution in [2.75, 3.05) is 6.61 Å². The zero-order chi connectivity index (χ0) is 18.8. The van der Waals surface area contributed by atoms with Crippen LogP contribution in [0.15, 0.2) is 29.4 Å². The number of nitrogens with one attached hydrogen (secondary N) is 1. The van der Waals surface area contributed by atoms with Crippen LogP contribution in [0.2, 0.25) is 0 Å². The maximum Gasteiger partial charge on any atom is 0.233 e. The Balaban J connectivity index is 1.57. The highest BCUT2D eigenvalue weighted by Gasteiger charge is 2.28. The van der Waals surface area contributed by atoms with E-state index in [1.165, 1.54) is 23.9 Å². The number of amides is 1. The molecule has 27 heavy (non-hydrogen) atoms. The topological polar surface area (TPSA) is 69.0 Å². The Labute approximate surface area is 161 Å². The number of rotatable bonds is 7. The van der Waals surface area contributed by atoms with Crippen LogP contribution in [0.5, 0.6) is 0 Å². The molecular formula is C19H23FN4O2S. The highest BCUT2D eigenvalue weighted by Crippen LogP contribution is 2.29. The summed E-state index contributed by atoms with van der Waals surface area (Å²) in [7, 11) is 0. The van der Waals surface area contributed by atoms with Gasteiger partial charge in [0.25, 0.3) is 0 Å². The molecule has 8 heteroatoms. The molecule has 1 aromatic carbocycles. The first-order chi connectivity index (χ1) is 13.1. The zero-order valence-electron chi connectivity index (χ0n) is 15.2. The zero-order valence-corrected chi connectivity index (χ0v) is 16.0. The lowest BCUT2D eigenvalue weighted by atomic mass is 10.2. The molecule has 2 aromatic rings. The summed E-state index contributed by atoms with van der Waals surface area (Å²) in [4.78, 5) is 12.3. The molecule has 1 aliphatic carbocycles. The second-order valence-electron chi connectivity index (χ2n) is 7.10. The van der Waals surface area contributed by atoms with Crippen molar-refractivity contribution in [3.8, 4) is 11.4 Å². The van der Waals surface area contributed by atoms with Gasteiger partial charge in [-0.2, -0.15) is 0 Å². The Hall–Kier alpha value is -1.93. The van der Waals surface area contributed by atoms with E-state index in [9.17, 15) is 9.18 Å². The number of halogens is 1. The minimum Gasteiger partial charge on any atom is -0.376 e. The number of carbonyl (C=O) groups excluding carboxylic acids is 1. The fourth-order valence-electron chi connectivity index (χ4n) is 3.10. The van der Waals surface area contributed by atoms with Gasteiger partial charge in [0.1, 0.15) is 5.82 Å². The lowest BCUT2D eigenvalue weighted by Crippen LogP contribution is -2.32. The number of hydrogen-bond acceptors (Lipinski definition) is 5. The van der Waals surface area contributed by atoms with Crippen LogP contribution in [0.4, 0.5) is 4.39 Å². The number of thioether (sulfide) groups is 1. The van der Waals surface area contributed by atoms with Gasteiger partial charge in [-0.3, -0.25) is 9.36 Å². The van der Waals surface area contributed by atoms with E-state index in [0.29, 0.717) is 23.6 Å². The Morgan fingerprint density at radius 2 is 2.11 bits per heavy atom. The van der Waals surface area contributed by atoms with Gasteiger partial charge in [0.2, 0.25) is 5.91 Å². The van der Waals surface area contributed by atoms with Gasteiger partial charge in [-0.1, -0.05) is 11.8 Å². The average molecular weight is 390 g/mol. The molecule has 0 bridgehead atoms. The van der Waals surface area contributed by atoms with E-state index < -0.39 is 0 Å². The summed E-state index contributed by atoms with van der Waals surface area (Å²) in [6, 6.07) is 6.56. The fourth-order valence-corrected chi connectivity index (χ4v) is 3.97. The van der Waals surface area contributed by atoms with E-state index in [-0.39, 0.29) is 23.1 Å². The van der Waals surface area contributed by atoms with Crippen molar-refractivity contribution in [2.24, 2.45) is 0 Å². The fraction of sp³-hybridized carbons (Fsp3) is 0.526. The molecule has 4 rings (SSSR count). The van der Waals surface area contributed by atoms with Crippen LogP contribution < -0.4 is 5.32 Å². The molecule has 1 amide bonds. The molecule has 1 N–H and O–H groups in total. The molecule has 2 heterocycles. The molecule has 1 aromatic heterocycles. The second-order valence-corrected chi connectivity index (χ2v) is 8.41. The summed E-state index contributed by atoms with van der Waals surface area (Å²) in [6.45, 7) is 3.27. The molecular weight excluding hydrogens is 367 g/mol. The molecule has 6 nitrogen and oxygen atoms in total. The van der Waals surface area contributed by atoms with Gasteiger partial charge in [0.05, 0.1) is 17.9 Å². The van der Waals surface area contributed by atoms with Crippen LogP contribution in [0, 0.1) is 5.82 Å². The highest BCUT2D eigenvalue weighted by atomic mass is 32.2. The van der Waals surface area contributed by atoms with Gasteiger partial charge in [-0.05, 0) is 56.9 Å². The second kappa shape index (κ2) is 7.98. The number of aromatic nitrogens is 3. The maximum absolute atomic E-state index is 13.3. The van der Waals surface area contributed by atoms with Crippen LogP contribution in [0.1, 0.15) is 32.6 Å². The lowest BCUT2D eigenvalue weighted by Gasteiger charge is -2.16. The molecule has 2 aliphatic rings. The minimum atomic E-state index is -0.288. The van der Waals surface area contributed by atoms with Gasteiger partial charge in [-0.15, -0.1) is 10.2 Å². The standard InChI is InChI=1S/C19H23FN4O2S/c1-12(18(25)21-15-8-9-15)27-19-23-22-17(13-4-6-14(20)7-5-13)24(19)11-16-3-2-10-26-16/h4-7,12,15-16H,2-3,8-11H2,1H3,(H,21,25)/t12-,16+/m0/s1. The Morgan fingerprint density at radius 1 is 1.33 bits per heavy atom. The van der Waals surface area contributed by atoms with Crippen molar-refractivity contribution < 1.29 is 13.9 Å². The number of ether oxygens (including phenoxy) is 1. The van der Waals surface area contributed by atoms with Gasteiger partial charge < -0.3 is 10.1 Å². The molecule has 2 fully saturated rings. The first-order valence-corrected chi connectivity index (χ1v) is 10.3. The van der Waals surface area contributed by atoms with Crippen molar-refractivity contribution in [3.05, 3.63) is 30.1 Å². The average Bonchev–Trinajstić information content (AvgIpc) is 3.16. The van der Waals surface area contributed by atoms with Gasteiger partial charge in [-0.25, -0.2) is 4.39 Å². The first kappa shape index (κ1) is 18.4. The maximum atomic E-state index is 13.3. The van der Waals surface area contributed by atoms with Crippen molar-refractivity contribution >= 4 is 17.7 Å². The van der Waals surface area contributed by atoms with Gasteiger partial charge >= 0.3 is 0 Å². The number of benzene rings is 1. The van der Waals surface area contributed by atoms with Crippen LogP contribution in [-0.4, -0.2) is 44.7 Å². The van der Waals surface area contributed by atoms with Crippen molar-refractivity contribution in [1.82, 2.24) is 20.1 Å². The van der Waals surface area contributed by atoms with E-state index in [0.717, 1.165) is 37.9 Å². The summed E-state index contributed by atoms with van der Waals surface area (Å²) in [5.41, 5.74) is 0.795. The van der Waals surface area contributed by atoms with Crippen LogP contribution in [0.3, 0.4) is 0 Å². The van der Waals surface area contributed by atoms with E-state index >= 15 is 0 Å². The molecule has 0 spiro atoms. The number of nitrogens with zero attached hydrogens (tertiary/aromatic N) is 3. The summed E-state index contributed by atoms with van der Waals surface area (Å²) in [6.07, 6.45) is 4.26. The summed E-state index contributed by atoms with van der Waals surface area (Å²) in [5, 5.41) is 12.1. The third-order valence-electron chi connectivity index (χ3n) is 4.80. The summed E-state index contributed by atoms with van der Waals surface area (Å²) >= 11 is 1.40. The molecule has 2 atom stereocenters. The number of hydrogen-bond donors (Lipinski definition) is 1. The first-order valence-electron chi connectivity index (χ1n) is 9.38. The summed E-state index contributed by atoms with van der Waals surface area (Å²) < 4.78 is 21.1. The Kier molecular flexibility index (Phi) is 5.45. The monoisotopic (exact) mass is 390 g/mol. The van der Waals surface area contributed by atoms with Crippen LogP contribution in [0.25, 0.3) is 11.4 Å². The van der Waals surface area contributed by atoms with Crippen molar-refractivity contribution in [1.29, 1.82) is 0 Å². The predicted molar refractivity (Wildman–Crippen MR) is 101 cm³/mol. The molecule has 1 saturated carbocycles. The third-order valence-corrected chi connectivity index (χ3v) is 5.89. The van der Waals surface area contributed by atoms with Crippen molar-refractivity contribution in [2.45, 2.75) is 61.7 Å². The van der Waals surface area contributed by atoms with Crippen LogP contribution >= 0.6 is 11.8 Å². The molecule has 144 valence electrons. The van der Waals surface area contributed by atoms with E-state index in [2.05, 4.69) is 15.5 Å². The Bertz CT molecular complexity index is 801. The normalized spacial score (nSPS) is 20.6. The van der Waals surface area contributed by atoms with Gasteiger partial charge in [0.15, 0.2) is 11.0 Å². The van der Waals surface area contributed by atoms with Crippen molar-refractivity contribution in [3.63, 3.8) is 0 Å². The minimum absolute atomic E-state index is 0.0255. The highest BCUT2D eigenvalue weighted by molar-refractivity contribution is 8.00. The quantitative estimate of drug-likeness (QED) is 0.736.